The van der Waals surface area contributed by atoms with Gasteiger partial charge in [0.15, 0.2) is 6.10 Å². The zero-order valence-corrected chi connectivity index (χ0v) is 38.8. The van der Waals surface area contributed by atoms with E-state index in [-0.39, 0.29) is 31.1 Å². The van der Waals surface area contributed by atoms with E-state index in [1.54, 1.807) is 0 Å². The van der Waals surface area contributed by atoms with E-state index < -0.39 is 6.10 Å². The molecule has 0 amide bonds. The molecule has 0 rings (SSSR count). The van der Waals surface area contributed by atoms with Gasteiger partial charge in [0.05, 0.1) is 0 Å². The van der Waals surface area contributed by atoms with E-state index in [1.165, 1.54) is 167 Å². The Morgan fingerprint density at radius 2 is 0.621 bits per heavy atom. The van der Waals surface area contributed by atoms with Crippen LogP contribution in [0.5, 0.6) is 0 Å². The lowest BCUT2D eigenvalue weighted by molar-refractivity contribution is -0.167. The molecule has 0 fully saturated rings. The average Bonchev–Trinajstić information content (AvgIpc) is 3.22. The fourth-order valence-corrected chi connectivity index (χ4v) is 7.36. The largest absolute Gasteiger partial charge is 0.462 e. The lowest BCUT2D eigenvalue weighted by atomic mass is 10.0. The van der Waals surface area contributed by atoms with Gasteiger partial charge in [-0.15, -0.1) is 0 Å². The van der Waals surface area contributed by atoms with Gasteiger partial charge in [-0.25, -0.2) is 0 Å². The molecular formula is C52H96O6. The van der Waals surface area contributed by atoms with E-state index >= 15 is 0 Å². The molecule has 0 aliphatic carbocycles. The van der Waals surface area contributed by atoms with E-state index in [4.69, 9.17) is 14.2 Å². The van der Waals surface area contributed by atoms with Crippen LogP contribution in [0.3, 0.4) is 0 Å². The number of hydrogen-bond donors (Lipinski definition) is 0. The number of hydrogen-bond acceptors (Lipinski definition) is 6. The van der Waals surface area contributed by atoms with Crippen LogP contribution in [0.15, 0.2) is 24.3 Å². The van der Waals surface area contributed by atoms with Gasteiger partial charge in [-0.2, -0.15) is 0 Å². The number of allylic oxidation sites excluding steroid dienone is 4. The summed E-state index contributed by atoms with van der Waals surface area (Å²) in [6.45, 7) is 6.59. The second-order valence-electron chi connectivity index (χ2n) is 17.1. The maximum atomic E-state index is 12.7. The van der Waals surface area contributed by atoms with Gasteiger partial charge >= 0.3 is 17.9 Å². The van der Waals surface area contributed by atoms with Crippen molar-refractivity contribution in [3.05, 3.63) is 24.3 Å². The van der Waals surface area contributed by atoms with Crippen molar-refractivity contribution in [1.29, 1.82) is 0 Å². The minimum absolute atomic E-state index is 0.0680. The minimum Gasteiger partial charge on any atom is -0.462 e. The molecule has 1 atom stereocenters. The molecule has 0 bridgehead atoms. The standard InChI is InChI=1S/C52H96O6/c1-4-7-10-13-16-19-20-21-22-23-24-25-26-27-28-29-30-31-32-34-36-39-42-45-51(54)57-48-49(47-56-50(53)44-41-38-35-18-15-12-9-6-3)58-52(55)46-43-40-37-33-17-14-11-8-5-2/h20-21,23-24,49H,4-19,22,25-48H2,1-3H3/b21-20-,24-23-. The van der Waals surface area contributed by atoms with Gasteiger partial charge in [-0.05, 0) is 51.4 Å². The number of carbonyl (C=O) groups is 3. The molecule has 0 aromatic carbocycles. The first kappa shape index (κ1) is 55.9. The van der Waals surface area contributed by atoms with Gasteiger partial charge in [0.2, 0.25) is 0 Å². The molecule has 0 aliphatic rings. The smallest absolute Gasteiger partial charge is 0.306 e. The lowest BCUT2D eigenvalue weighted by Gasteiger charge is -2.18. The molecular weight excluding hydrogens is 721 g/mol. The SMILES string of the molecule is CCCCCCC/C=C\C/C=C\CCCCCCCCCCCCCC(=O)OCC(COC(=O)CCCCCCCCCC)OC(=O)CCCCCCCCCCC. The summed E-state index contributed by atoms with van der Waals surface area (Å²) in [7, 11) is 0. The molecule has 6 heteroatoms. The summed E-state index contributed by atoms with van der Waals surface area (Å²) in [6.07, 6.45) is 53.3. The number of unbranched alkanes of at least 4 members (excludes halogenated alkanes) is 31. The Balaban J connectivity index is 4.11. The molecule has 0 heterocycles. The van der Waals surface area contributed by atoms with Gasteiger partial charge in [0.25, 0.3) is 0 Å². The van der Waals surface area contributed by atoms with Gasteiger partial charge in [0.1, 0.15) is 13.2 Å². The molecule has 0 spiro atoms. The molecule has 0 aromatic heterocycles. The summed E-state index contributed by atoms with van der Waals surface area (Å²) in [5.74, 6) is -0.868. The molecule has 0 saturated carbocycles. The summed E-state index contributed by atoms with van der Waals surface area (Å²) < 4.78 is 16.7. The second kappa shape index (κ2) is 47.6. The number of rotatable bonds is 46. The third-order valence-corrected chi connectivity index (χ3v) is 11.2. The fraction of sp³-hybridized carbons (Fsp3) is 0.865. The summed E-state index contributed by atoms with van der Waals surface area (Å²) in [4.78, 5) is 37.7. The molecule has 0 aromatic rings. The third-order valence-electron chi connectivity index (χ3n) is 11.2. The third kappa shape index (κ3) is 45.0. The molecule has 340 valence electrons. The van der Waals surface area contributed by atoms with Crippen molar-refractivity contribution in [3.63, 3.8) is 0 Å². The Labute approximate surface area is 360 Å². The second-order valence-corrected chi connectivity index (χ2v) is 17.1. The summed E-state index contributed by atoms with van der Waals surface area (Å²) in [5.41, 5.74) is 0. The van der Waals surface area contributed by atoms with Crippen LogP contribution >= 0.6 is 0 Å². The van der Waals surface area contributed by atoms with E-state index in [9.17, 15) is 14.4 Å². The summed E-state index contributed by atoms with van der Waals surface area (Å²) in [5, 5.41) is 0. The van der Waals surface area contributed by atoms with Gasteiger partial charge < -0.3 is 14.2 Å². The van der Waals surface area contributed by atoms with Crippen LogP contribution in [0.2, 0.25) is 0 Å². The normalized spacial score (nSPS) is 12.1. The van der Waals surface area contributed by atoms with Crippen LogP contribution < -0.4 is 0 Å². The monoisotopic (exact) mass is 817 g/mol. The molecule has 0 radical (unpaired) electrons. The first-order chi connectivity index (χ1) is 28.5. The van der Waals surface area contributed by atoms with E-state index in [1.807, 2.05) is 0 Å². The Morgan fingerprint density at radius 3 is 0.948 bits per heavy atom. The highest BCUT2D eigenvalue weighted by Crippen LogP contribution is 2.15. The van der Waals surface area contributed by atoms with Crippen molar-refractivity contribution in [2.24, 2.45) is 0 Å². The maximum absolute atomic E-state index is 12.7. The Morgan fingerprint density at radius 1 is 0.345 bits per heavy atom. The van der Waals surface area contributed by atoms with Crippen LogP contribution in [-0.2, 0) is 28.6 Å². The molecule has 1 unspecified atom stereocenters. The molecule has 0 N–H and O–H groups in total. The molecule has 6 nitrogen and oxygen atoms in total. The number of ether oxygens (including phenoxy) is 3. The van der Waals surface area contributed by atoms with Crippen molar-refractivity contribution in [2.75, 3.05) is 13.2 Å². The Bertz CT molecular complexity index is 942. The maximum Gasteiger partial charge on any atom is 0.306 e. The zero-order valence-electron chi connectivity index (χ0n) is 38.8. The number of esters is 3. The van der Waals surface area contributed by atoms with Crippen molar-refractivity contribution in [3.8, 4) is 0 Å². The molecule has 58 heavy (non-hydrogen) atoms. The van der Waals surface area contributed by atoms with Gasteiger partial charge in [-0.3, -0.25) is 14.4 Å². The highest BCUT2D eigenvalue weighted by Gasteiger charge is 2.19. The van der Waals surface area contributed by atoms with Gasteiger partial charge in [-0.1, -0.05) is 225 Å². The van der Waals surface area contributed by atoms with Crippen LogP contribution in [0.25, 0.3) is 0 Å². The Kier molecular flexibility index (Phi) is 45.8. The quantitative estimate of drug-likeness (QED) is 0.0263. The Hall–Kier alpha value is -2.11. The van der Waals surface area contributed by atoms with Crippen molar-refractivity contribution in [2.45, 2.75) is 277 Å². The van der Waals surface area contributed by atoms with Crippen molar-refractivity contribution in [1.82, 2.24) is 0 Å². The average molecular weight is 817 g/mol. The van der Waals surface area contributed by atoms with Crippen LogP contribution in [-0.4, -0.2) is 37.2 Å². The molecule has 0 saturated heterocycles. The van der Waals surface area contributed by atoms with Crippen LogP contribution in [0.4, 0.5) is 0 Å². The van der Waals surface area contributed by atoms with E-state index in [0.29, 0.717) is 19.3 Å². The van der Waals surface area contributed by atoms with E-state index in [2.05, 4.69) is 45.1 Å². The topological polar surface area (TPSA) is 78.9 Å². The first-order valence-corrected chi connectivity index (χ1v) is 25.3. The predicted octanol–water partition coefficient (Wildman–Crippen LogP) is 16.4. The summed E-state index contributed by atoms with van der Waals surface area (Å²) in [6, 6.07) is 0. The predicted molar refractivity (Wildman–Crippen MR) is 247 cm³/mol. The number of carbonyl (C=O) groups excluding carboxylic acids is 3. The highest BCUT2D eigenvalue weighted by atomic mass is 16.6. The summed E-state index contributed by atoms with van der Waals surface area (Å²) >= 11 is 0. The first-order valence-electron chi connectivity index (χ1n) is 25.3. The van der Waals surface area contributed by atoms with Crippen LogP contribution in [0.1, 0.15) is 271 Å². The highest BCUT2D eigenvalue weighted by molar-refractivity contribution is 5.71. The lowest BCUT2D eigenvalue weighted by Crippen LogP contribution is -2.30. The van der Waals surface area contributed by atoms with Crippen LogP contribution in [0, 0.1) is 0 Å². The van der Waals surface area contributed by atoms with Crippen molar-refractivity contribution < 1.29 is 28.6 Å². The van der Waals surface area contributed by atoms with E-state index in [0.717, 1.165) is 64.2 Å². The fourth-order valence-electron chi connectivity index (χ4n) is 7.36. The van der Waals surface area contributed by atoms with Gasteiger partial charge in [0, 0.05) is 19.3 Å². The zero-order chi connectivity index (χ0) is 42.3. The molecule has 0 aliphatic heterocycles. The minimum atomic E-state index is -0.763. The van der Waals surface area contributed by atoms with Crippen molar-refractivity contribution >= 4 is 17.9 Å².